The largest absolute Gasteiger partial charge is 0.497 e. The standard InChI is InChI=1S/C14H14F2N2O/c1-9-6-11(19-2)7-10(18-9)8-17-13-5-3-4-12(15)14(13)16/h3-7,17H,8H2,1-2H3. The number of nitrogens with one attached hydrogen (secondary N) is 1. The maximum atomic E-state index is 13.4. The Morgan fingerprint density at radius 1 is 1.26 bits per heavy atom. The molecule has 2 aromatic rings. The zero-order valence-corrected chi connectivity index (χ0v) is 10.7. The van der Waals surface area contributed by atoms with Crippen LogP contribution in [-0.2, 0) is 6.54 Å². The molecular weight excluding hydrogens is 250 g/mol. The predicted molar refractivity (Wildman–Crippen MR) is 69.2 cm³/mol. The summed E-state index contributed by atoms with van der Waals surface area (Å²) in [5.74, 6) is -1.08. The summed E-state index contributed by atoms with van der Waals surface area (Å²) in [7, 11) is 1.57. The van der Waals surface area contributed by atoms with Crippen LogP contribution in [0.2, 0.25) is 0 Å². The van der Waals surface area contributed by atoms with E-state index < -0.39 is 11.6 Å². The van der Waals surface area contributed by atoms with Gasteiger partial charge >= 0.3 is 0 Å². The minimum Gasteiger partial charge on any atom is -0.497 e. The van der Waals surface area contributed by atoms with Crippen molar-refractivity contribution in [3.63, 3.8) is 0 Å². The lowest BCUT2D eigenvalue weighted by atomic mass is 10.2. The lowest BCUT2D eigenvalue weighted by Gasteiger charge is -2.09. The molecule has 0 saturated heterocycles. The first-order valence-electron chi connectivity index (χ1n) is 5.79. The second-order valence-electron chi connectivity index (χ2n) is 4.09. The number of anilines is 1. The van der Waals surface area contributed by atoms with Crippen molar-refractivity contribution < 1.29 is 13.5 Å². The topological polar surface area (TPSA) is 34.1 Å². The number of methoxy groups -OCH3 is 1. The first-order chi connectivity index (χ1) is 9.10. The highest BCUT2D eigenvalue weighted by Crippen LogP contribution is 2.18. The van der Waals surface area contributed by atoms with Gasteiger partial charge in [-0.1, -0.05) is 6.07 Å². The molecule has 100 valence electrons. The molecule has 1 aromatic carbocycles. The van der Waals surface area contributed by atoms with Crippen molar-refractivity contribution in [3.8, 4) is 5.75 Å². The number of halogens is 2. The van der Waals surface area contributed by atoms with Crippen LogP contribution >= 0.6 is 0 Å². The first-order valence-corrected chi connectivity index (χ1v) is 5.79. The van der Waals surface area contributed by atoms with Crippen LogP contribution < -0.4 is 10.1 Å². The lowest BCUT2D eigenvalue weighted by Crippen LogP contribution is -2.05. The third kappa shape index (κ3) is 3.19. The summed E-state index contributed by atoms with van der Waals surface area (Å²) in [6.45, 7) is 2.13. The molecule has 1 heterocycles. The number of aromatic nitrogens is 1. The van der Waals surface area contributed by atoms with Gasteiger partial charge in [0, 0.05) is 17.8 Å². The van der Waals surface area contributed by atoms with Gasteiger partial charge in [0.05, 0.1) is 25.0 Å². The van der Waals surface area contributed by atoms with Gasteiger partial charge in [-0.2, -0.15) is 0 Å². The van der Waals surface area contributed by atoms with Gasteiger partial charge in [-0.3, -0.25) is 4.98 Å². The van der Waals surface area contributed by atoms with Gasteiger partial charge in [0.2, 0.25) is 0 Å². The van der Waals surface area contributed by atoms with Crippen LogP contribution in [0.25, 0.3) is 0 Å². The Balaban J connectivity index is 2.14. The van der Waals surface area contributed by atoms with Crippen LogP contribution in [0.5, 0.6) is 5.75 Å². The molecule has 0 saturated carbocycles. The average Bonchev–Trinajstić information content (AvgIpc) is 2.40. The van der Waals surface area contributed by atoms with Crippen LogP contribution in [0.1, 0.15) is 11.4 Å². The van der Waals surface area contributed by atoms with Gasteiger partial charge in [-0.05, 0) is 19.1 Å². The van der Waals surface area contributed by atoms with E-state index in [0.717, 1.165) is 11.8 Å². The van der Waals surface area contributed by atoms with Crippen molar-refractivity contribution in [2.75, 3.05) is 12.4 Å². The second kappa shape index (κ2) is 5.65. The molecule has 0 spiro atoms. The number of ether oxygens (including phenoxy) is 1. The third-order valence-corrected chi connectivity index (χ3v) is 2.63. The maximum Gasteiger partial charge on any atom is 0.181 e. The van der Waals surface area contributed by atoms with E-state index in [1.807, 2.05) is 6.92 Å². The normalized spacial score (nSPS) is 10.3. The number of benzene rings is 1. The predicted octanol–water partition coefficient (Wildman–Crippen LogP) is 3.29. The molecule has 0 fully saturated rings. The van der Waals surface area contributed by atoms with E-state index in [4.69, 9.17) is 4.74 Å². The molecule has 5 heteroatoms. The summed E-state index contributed by atoms with van der Waals surface area (Å²) in [5.41, 5.74) is 1.61. The minimum absolute atomic E-state index is 0.113. The van der Waals surface area contributed by atoms with E-state index in [1.165, 1.54) is 12.1 Å². The number of hydrogen-bond donors (Lipinski definition) is 1. The average molecular weight is 264 g/mol. The Kier molecular flexibility index (Phi) is 3.94. The fraction of sp³-hybridized carbons (Fsp3) is 0.214. The molecule has 0 aliphatic heterocycles. The molecule has 1 aromatic heterocycles. The van der Waals surface area contributed by atoms with Crippen LogP contribution in [-0.4, -0.2) is 12.1 Å². The fourth-order valence-corrected chi connectivity index (χ4v) is 1.74. The molecule has 0 aliphatic carbocycles. The van der Waals surface area contributed by atoms with Crippen molar-refractivity contribution in [3.05, 3.63) is 53.4 Å². The molecule has 0 atom stereocenters. The van der Waals surface area contributed by atoms with E-state index in [-0.39, 0.29) is 5.69 Å². The Hall–Kier alpha value is -2.17. The van der Waals surface area contributed by atoms with Gasteiger partial charge in [-0.15, -0.1) is 0 Å². The summed E-state index contributed by atoms with van der Waals surface area (Å²) >= 11 is 0. The molecule has 1 N–H and O–H groups in total. The Bertz CT molecular complexity index is 588. The van der Waals surface area contributed by atoms with E-state index in [1.54, 1.807) is 19.2 Å². The summed E-state index contributed by atoms with van der Waals surface area (Å²) < 4.78 is 31.6. The lowest BCUT2D eigenvalue weighted by molar-refractivity contribution is 0.413. The zero-order valence-electron chi connectivity index (χ0n) is 10.7. The summed E-state index contributed by atoms with van der Waals surface area (Å²) in [5, 5.41) is 2.82. The molecule has 0 unspecified atom stereocenters. The van der Waals surface area contributed by atoms with Crippen molar-refractivity contribution in [1.82, 2.24) is 4.98 Å². The van der Waals surface area contributed by atoms with Gasteiger partial charge in [0.1, 0.15) is 5.75 Å². The molecule has 2 rings (SSSR count). The molecule has 3 nitrogen and oxygen atoms in total. The number of nitrogens with zero attached hydrogens (tertiary/aromatic N) is 1. The molecule has 0 bridgehead atoms. The highest BCUT2D eigenvalue weighted by molar-refractivity contribution is 5.45. The van der Waals surface area contributed by atoms with Crippen LogP contribution in [0, 0.1) is 18.6 Å². The zero-order chi connectivity index (χ0) is 13.8. The van der Waals surface area contributed by atoms with Crippen LogP contribution in [0.4, 0.5) is 14.5 Å². The molecule has 19 heavy (non-hydrogen) atoms. The van der Waals surface area contributed by atoms with Crippen molar-refractivity contribution in [2.45, 2.75) is 13.5 Å². The highest BCUT2D eigenvalue weighted by atomic mass is 19.2. The highest BCUT2D eigenvalue weighted by Gasteiger charge is 2.07. The number of aryl methyl sites for hydroxylation is 1. The van der Waals surface area contributed by atoms with E-state index in [2.05, 4.69) is 10.3 Å². The van der Waals surface area contributed by atoms with Crippen LogP contribution in [0.3, 0.4) is 0 Å². The number of rotatable bonds is 4. The molecular formula is C14H14F2N2O. The Morgan fingerprint density at radius 3 is 2.79 bits per heavy atom. The summed E-state index contributed by atoms with van der Waals surface area (Å²) in [6, 6.07) is 7.55. The van der Waals surface area contributed by atoms with Gasteiger partial charge in [0.25, 0.3) is 0 Å². The maximum absolute atomic E-state index is 13.4. The van der Waals surface area contributed by atoms with Crippen molar-refractivity contribution in [2.24, 2.45) is 0 Å². The van der Waals surface area contributed by atoms with E-state index in [9.17, 15) is 8.78 Å². The first kappa shape index (κ1) is 13.3. The molecule has 0 radical (unpaired) electrons. The quantitative estimate of drug-likeness (QED) is 0.920. The van der Waals surface area contributed by atoms with Crippen molar-refractivity contribution >= 4 is 5.69 Å². The summed E-state index contributed by atoms with van der Waals surface area (Å²) in [6.07, 6.45) is 0. The monoisotopic (exact) mass is 264 g/mol. The van der Waals surface area contributed by atoms with Gasteiger partial charge < -0.3 is 10.1 Å². The minimum atomic E-state index is -0.887. The van der Waals surface area contributed by atoms with Gasteiger partial charge in [-0.25, -0.2) is 8.78 Å². The number of hydrogen-bond acceptors (Lipinski definition) is 3. The van der Waals surface area contributed by atoms with E-state index in [0.29, 0.717) is 18.0 Å². The van der Waals surface area contributed by atoms with Crippen LogP contribution in [0.15, 0.2) is 30.3 Å². The molecule has 0 amide bonds. The smallest absolute Gasteiger partial charge is 0.181 e. The number of pyridine rings is 1. The SMILES string of the molecule is COc1cc(C)nc(CNc2cccc(F)c2F)c1. The fourth-order valence-electron chi connectivity index (χ4n) is 1.74. The van der Waals surface area contributed by atoms with Gasteiger partial charge in [0.15, 0.2) is 11.6 Å². The summed E-state index contributed by atoms with van der Waals surface area (Å²) in [4.78, 5) is 4.29. The molecule has 0 aliphatic rings. The van der Waals surface area contributed by atoms with E-state index >= 15 is 0 Å². The second-order valence-corrected chi connectivity index (χ2v) is 4.09. The van der Waals surface area contributed by atoms with Crippen molar-refractivity contribution in [1.29, 1.82) is 0 Å². The Morgan fingerprint density at radius 2 is 2.05 bits per heavy atom. The third-order valence-electron chi connectivity index (χ3n) is 2.63. The Labute approximate surface area is 110 Å².